The average Bonchev–Trinajstić information content (AvgIpc) is 3.22. The zero-order chi connectivity index (χ0) is 23.0. The molecule has 0 unspecified atom stereocenters. The number of hydrogen-bond donors (Lipinski definition) is 0. The predicted octanol–water partition coefficient (Wildman–Crippen LogP) is 2.92. The molecule has 0 N–H and O–H groups in total. The summed E-state index contributed by atoms with van der Waals surface area (Å²) in [5, 5.41) is -0.582. The lowest BCUT2D eigenvalue weighted by molar-refractivity contribution is -0.152. The van der Waals surface area contributed by atoms with Crippen LogP contribution in [0.5, 0.6) is 0 Å². The number of nitrogens with zero attached hydrogens (tertiary/aromatic N) is 2. The van der Waals surface area contributed by atoms with Crippen LogP contribution in [0.1, 0.15) is 31.2 Å². The highest BCUT2D eigenvalue weighted by Crippen LogP contribution is 2.37. The Bertz CT molecular complexity index is 962. The Hall–Kier alpha value is -1.85. The lowest BCUT2D eigenvalue weighted by Gasteiger charge is -2.33. The number of hydrogen-bond acceptors (Lipinski definition) is 5. The fraction of sp³-hybridized carbons (Fsp3) is 0.579. The highest BCUT2D eigenvalue weighted by molar-refractivity contribution is 7.89. The molecular formula is C19H22ClF3N2O5S. The van der Waals surface area contributed by atoms with Crippen molar-refractivity contribution in [3.05, 3.63) is 28.8 Å². The Kier molecular flexibility index (Phi) is 6.87. The highest BCUT2D eigenvalue weighted by atomic mass is 35.5. The summed E-state index contributed by atoms with van der Waals surface area (Å²) in [6.07, 6.45) is -3.17. The van der Waals surface area contributed by atoms with Gasteiger partial charge < -0.3 is 9.64 Å². The Morgan fingerprint density at radius 2 is 1.77 bits per heavy atom. The van der Waals surface area contributed by atoms with E-state index >= 15 is 0 Å². The number of rotatable bonds is 4. The Labute approximate surface area is 183 Å². The molecule has 0 aliphatic carbocycles. The summed E-state index contributed by atoms with van der Waals surface area (Å²) < 4.78 is 70.8. The van der Waals surface area contributed by atoms with Crippen molar-refractivity contribution in [1.82, 2.24) is 9.21 Å². The van der Waals surface area contributed by atoms with Crippen molar-refractivity contribution in [2.24, 2.45) is 5.92 Å². The summed E-state index contributed by atoms with van der Waals surface area (Å²) in [5.74, 6) is -1.17. The van der Waals surface area contributed by atoms with Gasteiger partial charge in [0, 0.05) is 25.6 Å². The second kappa shape index (κ2) is 8.95. The minimum atomic E-state index is -4.78. The molecule has 0 spiro atoms. The standard InChI is InChI=1S/C19H22ClF3N2O5S/c1-30-18(27)16-3-2-8-25(16)17(26)12-6-9-24(10-7-12)31(28,29)13-4-5-15(20)14(11-13)19(21,22)23/h4-5,11-12,16H,2-3,6-10H2,1H3/t16-/m1/s1. The Morgan fingerprint density at radius 3 is 2.35 bits per heavy atom. The molecule has 172 valence electrons. The van der Waals surface area contributed by atoms with Gasteiger partial charge >= 0.3 is 12.1 Å². The van der Waals surface area contributed by atoms with Crippen molar-refractivity contribution in [1.29, 1.82) is 0 Å². The van der Waals surface area contributed by atoms with Gasteiger partial charge in [0.05, 0.1) is 22.6 Å². The molecule has 0 radical (unpaired) electrons. The summed E-state index contributed by atoms with van der Waals surface area (Å²) >= 11 is 5.57. The largest absolute Gasteiger partial charge is 0.467 e. The number of esters is 1. The fourth-order valence-corrected chi connectivity index (χ4v) is 5.74. The minimum absolute atomic E-state index is 0.0144. The molecule has 0 saturated carbocycles. The molecule has 2 aliphatic heterocycles. The molecule has 2 fully saturated rings. The number of ether oxygens (including phenoxy) is 1. The summed E-state index contributed by atoms with van der Waals surface area (Å²) in [7, 11) is -2.92. The molecule has 31 heavy (non-hydrogen) atoms. The van der Waals surface area contributed by atoms with Gasteiger partial charge in [-0.25, -0.2) is 13.2 Å². The van der Waals surface area contributed by atoms with Gasteiger partial charge in [0.2, 0.25) is 15.9 Å². The first-order valence-electron chi connectivity index (χ1n) is 9.72. The molecular weight excluding hydrogens is 461 g/mol. The first-order chi connectivity index (χ1) is 14.5. The lowest BCUT2D eigenvalue weighted by Crippen LogP contribution is -2.47. The number of halogens is 4. The molecule has 2 heterocycles. The van der Waals surface area contributed by atoms with Crippen LogP contribution in [0.3, 0.4) is 0 Å². The van der Waals surface area contributed by atoms with Crippen LogP contribution in [-0.4, -0.2) is 62.3 Å². The maximum atomic E-state index is 13.1. The van der Waals surface area contributed by atoms with E-state index in [-0.39, 0.29) is 31.8 Å². The molecule has 7 nitrogen and oxygen atoms in total. The SMILES string of the molecule is COC(=O)[C@H]1CCCN1C(=O)C1CCN(S(=O)(=O)c2ccc(Cl)c(C(F)(F)F)c2)CC1. The third-order valence-electron chi connectivity index (χ3n) is 5.69. The number of alkyl halides is 3. The van der Waals surface area contributed by atoms with E-state index in [9.17, 15) is 31.2 Å². The average molecular weight is 483 g/mol. The van der Waals surface area contributed by atoms with Crippen LogP contribution >= 0.6 is 11.6 Å². The topological polar surface area (TPSA) is 84.0 Å². The molecule has 3 rings (SSSR count). The lowest BCUT2D eigenvalue weighted by atomic mass is 9.96. The molecule has 0 aromatic heterocycles. The van der Waals surface area contributed by atoms with E-state index < -0.39 is 49.6 Å². The maximum absolute atomic E-state index is 13.1. The van der Waals surface area contributed by atoms with Gasteiger partial charge in [0.15, 0.2) is 0 Å². The van der Waals surface area contributed by atoms with Crippen LogP contribution in [-0.2, 0) is 30.5 Å². The van der Waals surface area contributed by atoms with E-state index in [0.717, 1.165) is 16.4 Å². The van der Waals surface area contributed by atoms with E-state index in [2.05, 4.69) is 0 Å². The van der Waals surface area contributed by atoms with Gasteiger partial charge in [0.1, 0.15) is 6.04 Å². The molecule has 1 aromatic rings. The number of piperidine rings is 1. The van der Waals surface area contributed by atoms with Gasteiger partial charge in [-0.3, -0.25) is 4.79 Å². The monoisotopic (exact) mass is 482 g/mol. The van der Waals surface area contributed by atoms with E-state index in [4.69, 9.17) is 16.3 Å². The van der Waals surface area contributed by atoms with Gasteiger partial charge in [-0.15, -0.1) is 0 Å². The maximum Gasteiger partial charge on any atom is 0.417 e. The molecule has 1 amide bonds. The van der Waals surface area contributed by atoms with Gasteiger partial charge in [0.25, 0.3) is 0 Å². The van der Waals surface area contributed by atoms with Crippen LogP contribution in [0.15, 0.2) is 23.1 Å². The van der Waals surface area contributed by atoms with Crippen LogP contribution in [0.25, 0.3) is 0 Å². The molecule has 2 saturated heterocycles. The Morgan fingerprint density at radius 1 is 1.13 bits per heavy atom. The summed E-state index contributed by atoms with van der Waals surface area (Å²) in [6, 6.07) is 1.85. The predicted molar refractivity (Wildman–Crippen MR) is 105 cm³/mol. The molecule has 2 aliphatic rings. The van der Waals surface area contributed by atoms with Crippen molar-refractivity contribution in [2.45, 2.75) is 42.8 Å². The van der Waals surface area contributed by atoms with Crippen molar-refractivity contribution >= 4 is 33.5 Å². The number of amides is 1. The van der Waals surface area contributed by atoms with E-state index in [1.807, 2.05) is 0 Å². The minimum Gasteiger partial charge on any atom is -0.467 e. The first-order valence-corrected chi connectivity index (χ1v) is 11.5. The summed E-state index contributed by atoms with van der Waals surface area (Å²) in [4.78, 5) is 25.7. The third-order valence-corrected chi connectivity index (χ3v) is 7.92. The van der Waals surface area contributed by atoms with Crippen molar-refractivity contribution in [2.75, 3.05) is 26.7 Å². The zero-order valence-electron chi connectivity index (χ0n) is 16.7. The van der Waals surface area contributed by atoms with Crippen LogP contribution in [0.4, 0.5) is 13.2 Å². The molecule has 1 aromatic carbocycles. The van der Waals surface area contributed by atoms with Crippen LogP contribution in [0, 0.1) is 5.92 Å². The van der Waals surface area contributed by atoms with E-state index in [0.29, 0.717) is 25.5 Å². The van der Waals surface area contributed by atoms with E-state index in [1.54, 1.807) is 0 Å². The molecule has 12 heteroatoms. The number of methoxy groups -OCH3 is 1. The van der Waals surface area contributed by atoms with Gasteiger partial charge in [-0.1, -0.05) is 11.6 Å². The van der Waals surface area contributed by atoms with Gasteiger partial charge in [-0.05, 0) is 43.9 Å². The zero-order valence-corrected chi connectivity index (χ0v) is 18.3. The second-order valence-electron chi connectivity index (χ2n) is 7.53. The second-order valence-corrected chi connectivity index (χ2v) is 9.88. The molecule has 0 bridgehead atoms. The number of carbonyl (C=O) groups excluding carboxylic acids is 2. The quantitative estimate of drug-likeness (QED) is 0.616. The van der Waals surface area contributed by atoms with Crippen molar-refractivity contribution < 1.29 is 35.9 Å². The van der Waals surface area contributed by atoms with Crippen molar-refractivity contribution in [3.63, 3.8) is 0 Å². The number of benzene rings is 1. The van der Waals surface area contributed by atoms with Crippen molar-refractivity contribution in [3.8, 4) is 0 Å². The normalized spacial score (nSPS) is 21.3. The highest BCUT2D eigenvalue weighted by Gasteiger charge is 2.40. The van der Waals surface area contributed by atoms with E-state index in [1.165, 1.54) is 12.0 Å². The Balaban J connectivity index is 1.70. The van der Waals surface area contributed by atoms with Crippen LogP contribution < -0.4 is 0 Å². The number of likely N-dealkylation sites (tertiary alicyclic amines) is 1. The number of carbonyl (C=O) groups is 2. The number of sulfonamides is 1. The smallest absolute Gasteiger partial charge is 0.417 e. The fourth-order valence-electron chi connectivity index (χ4n) is 4.02. The summed E-state index contributed by atoms with van der Waals surface area (Å²) in [6.45, 7) is 0.404. The summed E-state index contributed by atoms with van der Waals surface area (Å²) in [5.41, 5.74) is -1.22. The van der Waals surface area contributed by atoms with Crippen LogP contribution in [0.2, 0.25) is 5.02 Å². The molecule has 1 atom stereocenters. The third kappa shape index (κ3) is 4.83. The van der Waals surface area contributed by atoms with Gasteiger partial charge in [-0.2, -0.15) is 17.5 Å². The first kappa shape index (κ1) is 23.8.